The molecule has 0 unspecified atom stereocenters. The van der Waals surface area contributed by atoms with E-state index in [1.807, 2.05) is 0 Å². The van der Waals surface area contributed by atoms with Crippen LogP contribution >= 0.6 is 0 Å². The van der Waals surface area contributed by atoms with Gasteiger partial charge in [-0.15, -0.1) is 0 Å². The Morgan fingerprint density at radius 2 is 1.75 bits per heavy atom. The standard InChI is InChI=1S/C19H21NO4/c1-12-9-15(10-13(2)19(12)22)20-18(21)8-5-14-11-16(23-3)6-7-17(14)24-4/h5-11,22H,1-4H3,(H,20,21)/b8-5+. The monoisotopic (exact) mass is 327 g/mol. The molecule has 0 atom stereocenters. The average molecular weight is 327 g/mol. The number of anilines is 1. The molecule has 0 aliphatic carbocycles. The highest BCUT2D eigenvalue weighted by atomic mass is 16.5. The number of phenols is 1. The highest BCUT2D eigenvalue weighted by Gasteiger charge is 2.06. The molecule has 0 spiro atoms. The number of hydrogen-bond donors (Lipinski definition) is 2. The third kappa shape index (κ3) is 4.07. The van der Waals surface area contributed by atoms with Crippen LogP contribution in [0.25, 0.3) is 6.08 Å². The summed E-state index contributed by atoms with van der Waals surface area (Å²) >= 11 is 0. The predicted molar refractivity (Wildman–Crippen MR) is 94.8 cm³/mol. The summed E-state index contributed by atoms with van der Waals surface area (Å²) in [5, 5.41) is 12.5. The highest BCUT2D eigenvalue weighted by Crippen LogP contribution is 2.26. The molecule has 2 aromatic carbocycles. The van der Waals surface area contributed by atoms with Crippen molar-refractivity contribution in [1.82, 2.24) is 0 Å². The largest absolute Gasteiger partial charge is 0.507 e. The molecule has 24 heavy (non-hydrogen) atoms. The molecule has 0 radical (unpaired) electrons. The molecule has 1 amide bonds. The van der Waals surface area contributed by atoms with E-state index in [1.165, 1.54) is 6.08 Å². The number of phenolic OH excluding ortho intramolecular Hbond substituents is 1. The third-order valence-corrected chi connectivity index (χ3v) is 3.61. The smallest absolute Gasteiger partial charge is 0.248 e. The lowest BCUT2D eigenvalue weighted by Crippen LogP contribution is -2.08. The van der Waals surface area contributed by atoms with Crippen molar-refractivity contribution in [3.8, 4) is 17.2 Å². The lowest BCUT2D eigenvalue weighted by Gasteiger charge is -2.09. The second-order valence-electron chi connectivity index (χ2n) is 5.39. The van der Waals surface area contributed by atoms with E-state index in [4.69, 9.17) is 9.47 Å². The van der Waals surface area contributed by atoms with Crippen molar-refractivity contribution in [1.29, 1.82) is 0 Å². The number of ether oxygens (including phenoxy) is 2. The Kier molecular flexibility index (Phi) is 5.47. The summed E-state index contributed by atoms with van der Waals surface area (Å²) in [4.78, 5) is 12.1. The normalized spacial score (nSPS) is 10.7. The van der Waals surface area contributed by atoms with Gasteiger partial charge in [0.15, 0.2) is 0 Å². The van der Waals surface area contributed by atoms with Crippen LogP contribution in [0.2, 0.25) is 0 Å². The van der Waals surface area contributed by atoms with E-state index < -0.39 is 0 Å². The Hall–Kier alpha value is -2.95. The van der Waals surface area contributed by atoms with Crippen molar-refractivity contribution in [3.63, 3.8) is 0 Å². The molecule has 2 rings (SSSR count). The second-order valence-corrected chi connectivity index (χ2v) is 5.39. The summed E-state index contributed by atoms with van der Waals surface area (Å²) in [5.74, 6) is 1.30. The Bertz CT molecular complexity index is 758. The summed E-state index contributed by atoms with van der Waals surface area (Å²) in [6, 6.07) is 8.80. The Balaban J connectivity index is 2.16. The van der Waals surface area contributed by atoms with Crippen LogP contribution in [0.4, 0.5) is 5.69 Å². The Morgan fingerprint density at radius 3 is 2.33 bits per heavy atom. The molecule has 0 aliphatic heterocycles. The van der Waals surface area contributed by atoms with Crippen molar-refractivity contribution in [2.45, 2.75) is 13.8 Å². The summed E-state index contributed by atoms with van der Waals surface area (Å²) in [6.07, 6.45) is 3.09. The van der Waals surface area contributed by atoms with E-state index >= 15 is 0 Å². The van der Waals surface area contributed by atoms with Gasteiger partial charge in [0.25, 0.3) is 0 Å². The number of rotatable bonds is 5. The summed E-state index contributed by atoms with van der Waals surface area (Å²) in [7, 11) is 3.15. The van der Waals surface area contributed by atoms with Crippen molar-refractivity contribution < 1.29 is 19.4 Å². The third-order valence-electron chi connectivity index (χ3n) is 3.61. The van der Waals surface area contributed by atoms with Crippen LogP contribution in [0, 0.1) is 13.8 Å². The van der Waals surface area contributed by atoms with Crippen LogP contribution in [0.1, 0.15) is 16.7 Å². The molecule has 0 aliphatic rings. The first-order valence-electron chi connectivity index (χ1n) is 7.46. The maximum absolute atomic E-state index is 12.1. The van der Waals surface area contributed by atoms with Crippen molar-refractivity contribution in [2.24, 2.45) is 0 Å². The molecular weight excluding hydrogens is 306 g/mol. The van der Waals surface area contributed by atoms with Crippen molar-refractivity contribution >= 4 is 17.7 Å². The fourth-order valence-electron chi connectivity index (χ4n) is 2.35. The van der Waals surface area contributed by atoms with Gasteiger partial charge in [0.2, 0.25) is 5.91 Å². The lowest BCUT2D eigenvalue weighted by molar-refractivity contribution is -0.111. The van der Waals surface area contributed by atoms with E-state index in [-0.39, 0.29) is 11.7 Å². The zero-order valence-electron chi connectivity index (χ0n) is 14.2. The molecule has 0 saturated heterocycles. The van der Waals surface area contributed by atoms with Crippen LogP contribution in [-0.2, 0) is 4.79 Å². The number of amides is 1. The van der Waals surface area contributed by atoms with Gasteiger partial charge in [0.1, 0.15) is 17.2 Å². The predicted octanol–water partition coefficient (Wildman–Crippen LogP) is 3.68. The number of nitrogens with one attached hydrogen (secondary N) is 1. The molecule has 2 aromatic rings. The van der Waals surface area contributed by atoms with Crippen LogP contribution in [0.5, 0.6) is 17.2 Å². The zero-order chi connectivity index (χ0) is 17.7. The van der Waals surface area contributed by atoms with Crippen LogP contribution in [0.15, 0.2) is 36.4 Å². The van der Waals surface area contributed by atoms with E-state index in [1.54, 1.807) is 64.5 Å². The maximum Gasteiger partial charge on any atom is 0.248 e. The topological polar surface area (TPSA) is 67.8 Å². The van der Waals surface area contributed by atoms with Gasteiger partial charge in [-0.2, -0.15) is 0 Å². The van der Waals surface area contributed by atoms with E-state index in [2.05, 4.69) is 5.32 Å². The first-order valence-corrected chi connectivity index (χ1v) is 7.46. The number of methoxy groups -OCH3 is 2. The number of carbonyl (C=O) groups excluding carboxylic acids is 1. The van der Waals surface area contributed by atoms with Gasteiger partial charge in [0.05, 0.1) is 14.2 Å². The van der Waals surface area contributed by atoms with Gasteiger partial charge in [-0.05, 0) is 61.4 Å². The number of aryl methyl sites for hydroxylation is 2. The fraction of sp³-hybridized carbons (Fsp3) is 0.211. The van der Waals surface area contributed by atoms with Crippen LogP contribution < -0.4 is 14.8 Å². The second kappa shape index (κ2) is 7.55. The minimum Gasteiger partial charge on any atom is -0.507 e. The van der Waals surface area contributed by atoms with Crippen LogP contribution in [0.3, 0.4) is 0 Å². The van der Waals surface area contributed by atoms with Gasteiger partial charge in [-0.1, -0.05) is 0 Å². The lowest BCUT2D eigenvalue weighted by atomic mass is 10.1. The van der Waals surface area contributed by atoms with Crippen molar-refractivity contribution in [3.05, 3.63) is 53.1 Å². The van der Waals surface area contributed by atoms with E-state index in [9.17, 15) is 9.90 Å². The average Bonchev–Trinajstić information content (AvgIpc) is 2.57. The number of benzene rings is 2. The minimum atomic E-state index is -0.274. The number of aromatic hydroxyl groups is 1. The molecule has 0 saturated carbocycles. The van der Waals surface area contributed by atoms with Gasteiger partial charge in [-0.3, -0.25) is 4.79 Å². The molecule has 5 nitrogen and oxygen atoms in total. The quantitative estimate of drug-likeness (QED) is 0.649. The van der Waals surface area contributed by atoms with Gasteiger partial charge in [0, 0.05) is 17.3 Å². The molecular formula is C19H21NO4. The summed E-state index contributed by atoms with van der Waals surface area (Å²) < 4.78 is 10.5. The molecule has 0 heterocycles. The number of carbonyl (C=O) groups is 1. The molecule has 2 N–H and O–H groups in total. The number of hydrogen-bond acceptors (Lipinski definition) is 4. The Labute approximate surface area is 141 Å². The van der Waals surface area contributed by atoms with Crippen LogP contribution in [-0.4, -0.2) is 25.2 Å². The molecule has 5 heteroatoms. The summed E-state index contributed by atoms with van der Waals surface area (Å²) in [5.41, 5.74) is 2.80. The molecule has 0 bridgehead atoms. The highest BCUT2D eigenvalue weighted by molar-refractivity contribution is 6.02. The minimum absolute atomic E-state index is 0.240. The maximum atomic E-state index is 12.1. The van der Waals surface area contributed by atoms with Gasteiger partial charge < -0.3 is 19.9 Å². The molecule has 126 valence electrons. The van der Waals surface area contributed by atoms with Gasteiger partial charge >= 0.3 is 0 Å². The Morgan fingerprint density at radius 1 is 1.08 bits per heavy atom. The van der Waals surface area contributed by atoms with E-state index in [0.29, 0.717) is 28.3 Å². The first kappa shape index (κ1) is 17.4. The SMILES string of the molecule is COc1ccc(OC)c(/C=C/C(=O)Nc2cc(C)c(O)c(C)c2)c1. The fourth-order valence-corrected chi connectivity index (χ4v) is 2.35. The van der Waals surface area contributed by atoms with Gasteiger partial charge in [-0.25, -0.2) is 0 Å². The first-order chi connectivity index (χ1) is 11.4. The molecule has 0 fully saturated rings. The van der Waals surface area contributed by atoms with Crippen molar-refractivity contribution in [2.75, 3.05) is 19.5 Å². The summed E-state index contributed by atoms with van der Waals surface area (Å²) in [6.45, 7) is 3.57. The zero-order valence-corrected chi connectivity index (χ0v) is 14.2. The molecule has 0 aromatic heterocycles. The van der Waals surface area contributed by atoms with E-state index in [0.717, 1.165) is 5.56 Å².